The molecule has 0 unspecified atom stereocenters. The van der Waals surface area contributed by atoms with Gasteiger partial charge in [0, 0.05) is 23.1 Å². The third-order valence-corrected chi connectivity index (χ3v) is 7.59. The molecule has 0 saturated carbocycles. The molecule has 0 radical (unpaired) electrons. The maximum atomic E-state index is 13.8. The monoisotopic (exact) mass is 519 g/mol. The van der Waals surface area contributed by atoms with Gasteiger partial charge in [-0.15, -0.1) is 11.3 Å². The van der Waals surface area contributed by atoms with Gasteiger partial charge < -0.3 is 5.73 Å². The maximum Gasteiger partial charge on any atom is 0.439 e. The predicted molar refractivity (Wildman–Crippen MR) is 149 cm³/mol. The lowest BCUT2D eigenvalue weighted by Gasteiger charge is -2.09. The van der Waals surface area contributed by atoms with Crippen molar-refractivity contribution in [1.29, 1.82) is 0 Å². The van der Waals surface area contributed by atoms with Gasteiger partial charge >= 0.3 is 11.3 Å². The van der Waals surface area contributed by atoms with Crippen LogP contribution in [-0.2, 0) is 0 Å². The van der Waals surface area contributed by atoms with Crippen LogP contribution in [0.3, 0.4) is 0 Å². The predicted octanol–water partition coefficient (Wildman–Crippen LogP) is 5.62. The van der Waals surface area contributed by atoms with Crippen LogP contribution in [-0.4, -0.2) is 16.0 Å². The molecule has 0 aliphatic heterocycles. The lowest BCUT2D eigenvalue weighted by molar-refractivity contribution is -0.672. The topological polar surface area (TPSA) is 106 Å². The molecule has 0 bridgehead atoms. The van der Waals surface area contributed by atoms with Crippen LogP contribution in [0.15, 0.2) is 94.2 Å². The van der Waals surface area contributed by atoms with Crippen LogP contribution in [0.1, 0.15) is 26.5 Å². The summed E-state index contributed by atoms with van der Waals surface area (Å²) in [5, 5.41) is 3.23. The van der Waals surface area contributed by atoms with Gasteiger partial charge in [0.25, 0.3) is 5.78 Å². The molecule has 7 nitrogen and oxygen atoms in total. The van der Waals surface area contributed by atoms with Crippen LogP contribution >= 0.6 is 11.3 Å². The van der Waals surface area contributed by atoms with Crippen molar-refractivity contribution in [1.82, 2.24) is 10.3 Å². The van der Waals surface area contributed by atoms with Gasteiger partial charge in [0.1, 0.15) is 9.71 Å². The Morgan fingerprint density at radius 1 is 0.921 bits per heavy atom. The Balaban J connectivity index is 1.56. The molecule has 3 N–H and O–H groups in total. The van der Waals surface area contributed by atoms with E-state index >= 15 is 0 Å². The summed E-state index contributed by atoms with van der Waals surface area (Å²) >= 11 is 1.17. The van der Waals surface area contributed by atoms with Gasteiger partial charge in [-0.25, -0.2) is 9.78 Å². The summed E-state index contributed by atoms with van der Waals surface area (Å²) in [7, 11) is 0. The first-order chi connectivity index (χ1) is 18.4. The number of carbonyl (C=O) groups is 1. The first-order valence-electron chi connectivity index (χ1n) is 12.0. The van der Waals surface area contributed by atoms with Gasteiger partial charge in [-0.05, 0) is 41.0 Å². The van der Waals surface area contributed by atoms with Crippen molar-refractivity contribution in [2.45, 2.75) is 13.8 Å². The molecule has 0 spiro atoms. The molecule has 3 aromatic carbocycles. The molecule has 6 aromatic rings. The highest BCUT2D eigenvalue weighted by Gasteiger charge is 2.35. The third kappa shape index (κ3) is 4.01. The smallest absolute Gasteiger partial charge is 0.397 e. The fourth-order valence-corrected chi connectivity index (χ4v) is 5.52. The Morgan fingerprint density at radius 2 is 1.58 bits per heavy atom. The molecule has 186 valence electrons. The minimum atomic E-state index is -0.774. The highest BCUT2D eigenvalue weighted by molar-refractivity contribution is 7.21. The third-order valence-electron chi connectivity index (χ3n) is 6.49. The summed E-state index contributed by atoms with van der Waals surface area (Å²) < 4.78 is 6.37. The Bertz CT molecular complexity index is 1870. The molecule has 0 saturated heterocycles. The van der Waals surface area contributed by atoms with E-state index in [-0.39, 0.29) is 16.3 Å². The second-order valence-electron chi connectivity index (χ2n) is 9.14. The Morgan fingerprint density at radius 3 is 2.26 bits per heavy atom. The number of nitrogens with one attached hydrogen (secondary N) is 1. The Labute approximate surface area is 221 Å². The number of fused-ring (bicyclic) bond motifs is 1. The minimum Gasteiger partial charge on any atom is -0.397 e. The first-order valence-corrected chi connectivity index (χ1v) is 12.8. The fourth-order valence-electron chi connectivity index (χ4n) is 4.46. The van der Waals surface area contributed by atoms with Crippen molar-refractivity contribution >= 4 is 33.0 Å². The zero-order valence-electron chi connectivity index (χ0n) is 20.7. The lowest BCUT2D eigenvalue weighted by atomic mass is 9.98. The van der Waals surface area contributed by atoms with Crippen molar-refractivity contribution in [2.75, 3.05) is 5.73 Å². The number of H-pyrrole nitrogens is 1. The molecule has 3 heterocycles. The van der Waals surface area contributed by atoms with Crippen LogP contribution in [0.5, 0.6) is 0 Å². The van der Waals surface area contributed by atoms with E-state index in [0.717, 1.165) is 33.5 Å². The molecule has 0 fully saturated rings. The average molecular weight is 520 g/mol. The zero-order valence-corrected chi connectivity index (χ0v) is 21.5. The maximum absolute atomic E-state index is 13.8. The number of thiophene rings is 1. The van der Waals surface area contributed by atoms with Crippen molar-refractivity contribution < 1.29 is 14.0 Å². The average Bonchev–Trinajstić information content (AvgIpc) is 3.49. The van der Waals surface area contributed by atoms with Crippen LogP contribution < -0.4 is 16.0 Å². The van der Waals surface area contributed by atoms with E-state index in [1.165, 1.54) is 16.0 Å². The molecule has 0 atom stereocenters. The first kappa shape index (κ1) is 23.6. The van der Waals surface area contributed by atoms with E-state index in [4.69, 9.17) is 15.2 Å². The van der Waals surface area contributed by atoms with E-state index in [1.807, 2.05) is 86.6 Å². The van der Waals surface area contributed by atoms with E-state index in [0.29, 0.717) is 15.9 Å². The van der Waals surface area contributed by atoms with Crippen LogP contribution in [0.2, 0.25) is 0 Å². The standard InChI is InChI=1S/C30H22N4O3S/c1-17-8-12-19(13-9-17)22-16-23(20-6-4-3-5-7-20)32-29-24(22)25(31)28(38-29)27(35)26-30(36)37-33-34(26)21-14-10-18(2)11-15-21/h3-16H,1-2H3,(H2-,31,33,35,36)/p+1. The summed E-state index contributed by atoms with van der Waals surface area (Å²) in [4.78, 5) is 32.2. The highest BCUT2D eigenvalue weighted by Crippen LogP contribution is 2.41. The number of pyridine rings is 1. The van der Waals surface area contributed by atoms with Gasteiger partial charge in [0.05, 0.1) is 11.4 Å². The summed E-state index contributed by atoms with van der Waals surface area (Å²) in [6, 6.07) is 27.4. The number of ketones is 1. The second-order valence-corrected chi connectivity index (χ2v) is 10.1. The van der Waals surface area contributed by atoms with Crippen molar-refractivity contribution in [3.8, 4) is 28.1 Å². The Hall–Kier alpha value is -4.82. The number of aryl methyl sites for hydroxylation is 2. The number of hydrogen-bond donors (Lipinski definition) is 2. The van der Waals surface area contributed by atoms with Gasteiger partial charge in [-0.2, -0.15) is 0 Å². The molecule has 0 aliphatic rings. The number of benzene rings is 3. The molecule has 3 aromatic heterocycles. The Kier molecular flexibility index (Phi) is 5.73. The SMILES string of the molecule is Cc1ccc(-c2cc(-c3ccccc3)nc3sc(C(=O)c4c(=O)o[nH][n+]4-c4ccc(C)cc4)c(N)c23)cc1. The highest BCUT2D eigenvalue weighted by atomic mass is 32.1. The molecule has 38 heavy (non-hydrogen) atoms. The number of nitrogens with zero attached hydrogens (tertiary/aromatic N) is 2. The fraction of sp³-hybridized carbons (Fsp3) is 0.0667. The number of carbonyl (C=O) groups excluding carboxylic acids is 1. The van der Waals surface area contributed by atoms with Gasteiger partial charge in [0.15, 0.2) is 0 Å². The molecular formula is C30H23N4O3S+. The number of nitrogen functional groups attached to an aromatic ring is 1. The molecule has 0 aliphatic carbocycles. The van der Waals surface area contributed by atoms with Gasteiger partial charge in [-0.3, -0.25) is 9.32 Å². The largest absolute Gasteiger partial charge is 0.439 e. The summed E-state index contributed by atoms with van der Waals surface area (Å²) in [5.41, 5.74) is 12.3. The number of aromatic nitrogens is 3. The van der Waals surface area contributed by atoms with Crippen LogP contribution in [0, 0.1) is 13.8 Å². The number of rotatable bonds is 5. The van der Waals surface area contributed by atoms with E-state index in [2.05, 4.69) is 5.27 Å². The van der Waals surface area contributed by atoms with E-state index < -0.39 is 11.4 Å². The molecule has 6 rings (SSSR count). The van der Waals surface area contributed by atoms with Crippen LogP contribution in [0.4, 0.5) is 5.69 Å². The quantitative estimate of drug-likeness (QED) is 0.227. The molecule has 0 amide bonds. The summed E-state index contributed by atoms with van der Waals surface area (Å²) in [6.07, 6.45) is 0. The van der Waals surface area contributed by atoms with E-state index in [9.17, 15) is 9.59 Å². The summed E-state index contributed by atoms with van der Waals surface area (Å²) in [5.74, 6) is -0.530. The molecular weight excluding hydrogens is 496 g/mol. The number of anilines is 1. The number of aromatic amines is 1. The van der Waals surface area contributed by atoms with E-state index in [1.54, 1.807) is 12.1 Å². The van der Waals surface area contributed by atoms with Crippen molar-refractivity contribution in [2.24, 2.45) is 0 Å². The second kappa shape index (κ2) is 9.24. The van der Waals surface area contributed by atoms with Crippen molar-refractivity contribution in [3.63, 3.8) is 0 Å². The van der Waals surface area contributed by atoms with Crippen LogP contribution in [0.25, 0.3) is 38.3 Å². The molecule has 8 heteroatoms. The summed E-state index contributed by atoms with van der Waals surface area (Å²) in [6.45, 7) is 3.99. The number of nitrogens with two attached hydrogens (primary N) is 1. The number of hydrogen-bond acceptors (Lipinski definition) is 6. The minimum absolute atomic E-state index is 0.160. The van der Waals surface area contributed by atoms with Gasteiger partial charge in [-0.1, -0.05) is 77.9 Å². The lowest BCUT2D eigenvalue weighted by Crippen LogP contribution is -2.41. The van der Waals surface area contributed by atoms with Crippen molar-refractivity contribution in [3.05, 3.63) is 117 Å². The van der Waals surface area contributed by atoms with Gasteiger partial charge in [0.2, 0.25) is 5.69 Å². The normalized spacial score (nSPS) is 11.2. The zero-order chi connectivity index (χ0) is 26.4.